The van der Waals surface area contributed by atoms with Crippen LogP contribution in [0.15, 0.2) is 21.7 Å². The molecule has 124 valence electrons. The molecular formula is C13H17N5O5. The number of carbonyl (C=O) groups is 2. The van der Waals surface area contributed by atoms with Gasteiger partial charge in [-0.2, -0.15) is 5.10 Å². The maximum Gasteiger partial charge on any atom is 0.433 e. The molecule has 3 amide bonds. The molecule has 10 nitrogen and oxygen atoms in total. The highest BCUT2D eigenvalue weighted by molar-refractivity contribution is 6.02. The quantitative estimate of drug-likeness (QED) is 0.248. The third-order valence-electron chi connectivity index (χ3n) is 3.24. The minimum Gasteiger partial charge on any atom is -0.400 e. The Morgan fingerprint density at radius 3 is 2.78 bits per heavy atom. The molecule has 0 aromatic carbocycles. The molecule has 0 spiro atoms. The highest BCUT2D eigenvalue weighted by Crippen LogP contribution is 2.15. The molecule has 1 fully saturated rings. The summed E-state index contributed by atoms with van der Waals surface area (Å²) in [6.45, 7) is 0.749. The van der Waals surface area contributed by atoms with Crippen molar-refractivity contribution in [3.8, 4) is 0 Å². The number of amides is 3. The fourth-order valence-corrected chi connectivity index (χ4v) is 2.07. The molecule has 10 heteroatoms. The Kier molecular flexibility index (Phi) is 5.41. The van der Waals surface area contributed by atoms with E-state index in [4.69, 9.17) is 10.2 Å². The molecule has 0 saturated carbocycles. The number of nitrogens with zero attached hydrogens (tertiary/aromatic N) is 4. The molecule has 0 bridgehead atoms. The van der Waals surface area contributed by atoms with E-state index in [-0.39, 0.29) is 18.2 Å². The van der Waals surface area contributed by atoms with Gasteiger partial charge in [-0.05, 0) is 25.5 Å². The number of furan rings is 1. The van der Waals surface area contributed by atoms with Crippen molar-refractivity contribution in [1.82, 2.24) is 9.91 Å². The second-order valence-corrected chi connectivity index (χ2v) is 4.91. The van der Waals surface area contributed by atoms with Gasteiger partial charge < -0.3 is 10.2 Å². The molecule has 2 N–H and O–H groups in total. The second-order valence-electron chi connectivity index (χ2n) is 4.91. The van der Waals surface area contributed by atoms with Crippen LogP contribution in [0.4, 0.5) is 10.7 Å². The number of urea groups is 1. The first-order chi connectivity index (χ1) is 11.0. The van der Waals surface area contributed by atoms with Gasteiger partial charge in [0.25, 0.3) is 5.91 Å². The van der Waals surface area contributed by atoms with E-state index in [0.29, 0.717) is 19.5 Å². The van der Waals surface area contributed by atoms with Gasteiger partial charge in [-0.1, -0.05) is 6.42 Å². The maximum absolute atomic E-state index is 12.1. The molecular weight excluding hydrogens is 306 g/mol. The Balaban J connectivity index is 1.93. The third kappa shape index (κ3) is 4.13. The largest absolute Gasteiger partial charge is 0.433 e. The Labute approximate surface area is 131 Å². The van der Waals surface area contributed by atoms with Crippen molar-refractivity contribution in [3.63, 3.8) is 0 Å². The molecule has 1 aromatic heterocycles. The predicted octanol–water partition coefficient (Wildman–Crippen LogP) is 0.915. The number of nitro groups is 1. The summed E-state index contributed by atoms with van der Waals surface area (Å²) in [6.07, 6.45) is 3.54. The van der Waals surface area contributed by atoms with E-state index in [9.17, 15) is 19.7 Å². The van der Waals surface area contributed by atoms with Gasteiger partial charge in [-0.3, -0.25) is 19.8 Å². The van der Waals surface area contributed by atoms with E-state index < -0.39 is 16.8 Å². The molecule has 0 atom stereocenters. The zero-order valence-corrected chi connectivity index (χ0v) is 12.4. The summed E-state index contributed by atoms with van der Waals surface area (Å²) in [5.74, 6) is -0.625. The Bertz CT molecular complexity index is 626. The average Bonchev–Trinajstić information content (AvgIpc) is 3.08. The van der Waals surface area contributed by atoms with E-state index in [1.54, 1.807) is 0 Å². The number of hydrogen-bond donors (Lipinski definition) is 1. The van der Waals surface area contributed by atoms with E-state index in [1.807, 2.05) is 0 Å². The summed E-state index contributed by atoms with van der Waals surface area (Å²) in [5, 5.41) is 15.4. The first-order valence-electron chi connectivity index (χ1n) is 7.13. The number of imide groups is 1. The molecule has 1 aromatic rings. The monoisotopic (exact) mass is 323 g/mol. The van der Waals surface area contributed by atoms with Gasteiger partial charge in [0.05, 0.1) is 12.3 Å². The fourth-order valence-electron chi connectivity index (χ4n) is 2.07. The summed E-state index contributed by atoms with van der Waals surface area (Å²) >= 11 is 0. The normalized spacial score (nSPS) is 15.2. The molecule has 0 radical (unpaired) electrons. The van der Waals surface area contributed by atoms with Crippen LogP contribution >= 0.6 is 0 Å². The Morgan fingerprint density at radius 1 is 1.35 bits per heavy atom. The first-order valence-corrected chi connectivity index (χ1v) is 7.13. The van der Waals surface area contributed by atoms with Crippen molar-refractivity contribution in [2.24, 2.45) is 10.8 Å². The van der Waals surface area contributed by atoms with Gasteiger partial charge in [-0.15, -0.1) is 0 Å². The van der Waals surface area contributed by atoms with Crippen LogP contribution in [0.3, 0.4) is 0 Å². The van der Waals surface area contributed by atoms with Crippen molar-refractivity contribution in [3.05, 3.63) is 28.0 Å². The van der Waals surface area contributed by atoms with E-state index in [2.05, 4.69) is 5.10 Å². The summed E-state index contributed by atoms with van der Waals surface area (Å²) in [7, 11) is 0. The SMILES string of the molecule is NCCCCCN1C(=O)CN(N=Cc2ccc([N+](=O)[O-])o2)C1=O. The van der Waals surface area contributed by atoms with E-state index >= 15 is 0 Å². The van der Waals surface area contributed by atoms with Crippen LogP contribution in [-0.2, 0) is 4.79 Å². The average molecular weight is 323 g/mol. The minimum atomic E-state index is -0.676. The summed E-state index contributed by atoms with van der Waals surface area (Å²) in [5.41, 5.74) is 5.39. The smallest absolute Gasteiger partial charge is 0.400 e. The summed E-state index contributed by atoms with van der Waals surface area (Å²) < 4.78 is 4.89. The van der Waals surface area contributed by atoms with E-state index in [0.717, 1.165) is 29.0 Å². The number of carbonyl (C=O) groups excluding carboxylic acids is 2. The molecule has 1 aliphatic rings. The van der Waals surface area contributed by atoms with Gasteiger partial charge in [0.1, 0.15) is 11.5 Å². The number of hydrogen-bond acceptors (Lipinski definition) is 7. The number of nitrogens with two attached hydrogens (primary N) is 1. The minimum absolute atomic E-state index is 0.123. The molecule has 2 heterocycles. The van der Waals surface area contributed by atoms with Crippen LogP contribution in [0, 0.1) is 10.1 Å². The van der Waals surface area contributed by atoms with Crippen molar-refractivity contribution < 1.29 is 18.9 Å². The first kappa shape index (κ1) is 16.6. The van der Waals surface area contributed by atoms with Crippen molar-refractivity contribution in [2.75, 3.05) is 19.6 Å². The lowest BCUT2D eigenvalue weighted by Gasteiger charge is -2.13. The molecule has 0 unspecified atom stereocenters. The van der Waals surface area contributed by atoms with Crippen LogP contribution < -0.4 is 5.73 Å². The van der Waals surface area contributed by atoms with Crippen LogP contribution in [-0.4, -0.2) is 52.6 Å². The van der Waals surface area contributed by atoms with Gasteiger partial charge in [-0.25, -0.2) is 9.80 Å². The summed E-state index contributed by atoms with van der Waals surface area (Å²) in [6, 6.07) is 2.02. The molecule has 2 rings (SSSR count). The Hall–Kier alpha value is -2.75. The van der Waals surface area contributed by atoms with Crippen LogP contribution in [0.1, 0.15) is 25.0 Å². The lowest BCUT2D eigenvalue weighted by atomic mass is 10.2. The van der Waals surface area contributed by atoms with Gasteiger partial charge in [0.15, 0.2) is 5.76 Å². The fraction of sp³-hybridized carbons (Fsp3) is 0.462. The zero-order valence-electron chi connectivity index (χ0n) is 12.4. The van der Waals surface area contributed by atoms with Crippen LogP contribution in [0.5, 0.6) is 0 Å². The second kappa shape index (κ2) is 7.49. The van der Waals surface area contributed by atoms with Crippen molar-refractivity contribution in [1.29, 1.82) is 0 Å². The topological polar surface area (TPSA) is 135 Å². The van der Waals surface area contributed by atoms with Gasteiger partial charge >= 0.3 is 11.9 Å². The molecule has 1 aliphatic heterocycles. The number of unbranched alkanes of at least 4 members (excludes halogenated alkanes) is 2. The zero-order chi connectivity index (χ0) is 16.8. The summed E-state index contributed by atoms with van der Waals surface area (Å²) in [4.78, 5) is 34.8. The number of hydrazone groups is 1. The van der Waals surface area contributed by atoms with Crippen molar-refractivity contribution in [2.45, 2.75) is 19.3 Å². The molecule has 1 saturated heterocycles. The van der Waals surface area contributed by atoms with Gasteiger partial charge in [0.2, 0.25) is 0 Å². The van der Waals surface area contributed by atoms with Crippen molar-refractivity contribution >= 4 is 24.0 Å². The molecule has 0 aliphatic carbocycles. The standard InChI is InChI=1S/C13H17N5O5/c14-6-2-1-3-7-16-11(19)9-17(13(16)20)15-8-10-4-5-12(23-10)18(21)22/h4-5,8H,1-3,6-7,9,14H2. The predicted molar refractivity (Wildman–Crippen MR) is 79.7 cm³/mol. The van der Waals surface area contributed by atoms with Crippen LogP contribution in [0.25, 0.3) is 0 Å². The lowest BCUT2D eigenvalue weighted by Crippen LogP contribution is -2.32. The maximum atomic E-state index is 12.1. The number of rotatable bonds is 8. The molecule has 23 heavy (non-hydrogen) atoms. The lowest BCUT2D eigenvalue weighted by molar-refractivity contribution is -0.402. The van der Waals surface area contributed by atoms with E-state index in [1.165, 1.54) is 12.1 Å². The van der Waals surface area contributed by atoms with Gasteiger partial charge in [0, 0.05) is 6.54 Å². The highest BCUT2D eigenvalue weighted by atomic mass is 16.6. The Morgan fingerprint density at radius 2 is 2.13 bits per heavy atom. The highest BCUT2D eigenvalue weighted by Gasteiger charge is 2.35. The van der Waals surface area contributed by atoms with Crippen LogP contribution in [0.2, 0.25) is 0 Å². The third-order valence-corrected chi connectivity index (χ3v) is 3.24.